The Bertz CT molecular complexity index is 469. The molecule has 0 saturated heterocycles. The lowest BCUT2D eigenvalue weighted by atomic mass is 10.2. The van der Waals surface area contributed by atoms with E-state index in [1.807, 2.05) is 19.1 Å². The summed E-state index contributed by atoms with van der Waals surface area (Å²) in [4.78, 5) is 0.316. The van der Waals surface area contributed by atoms with Crippen LogP contribution in [-0.4, -0.2) is 21.0 Å². The molecule has 0 heterocycles. The van der Waals surface area contributed by atoms with Crippen molar-refractivity contribution in [1.29, 1.82) is 0 Å². The predicted octanol–water partition coefficient (Wildman–Crippen LogP) is 2.04. The van der Waals surface area contributed by atoms with Crippen molar-refractivity contribution in [2.24, 2.45) is 5.73 Å². The van der Waals surface area contributed by atoms with Crippen molar-refractivity contribution >= 4 is 10.0 Å². The molecule has 0 spiro atoms. The number of nitrogens with two attached hydrogens (primary N) is 1. The van der Waals surface area contributed by atoms with Crippen LogP contribution in [-0.2, 0) is 16.4 Å². The third-order valence-electron chi connectivity index (χ3n) is 3.01. The van der Waals surface area contributed by atoms with Gasteiger partial charge in [-0.3, -0.25) is 0 Å². The highest BCUT2D eigenvalue weighted by molar-refractivity contribution is 7.89. The fourth-order valence-corrected chi connectivity index (χ4v) is 3.18. The molecule has 3 N–H and O–H groups in total. The van der Waals surface area contributed by atoms with E-state index in [1.165, 1.54) is 0 Å². The van der Waals surface area contributed by atoms with E-state index in [1.54, 1.807) is 12.1 Å². The first kappa shape index (κ1) is 16.1. The average molecular weight is 284 g/mol. The Morgan fingerprint density at radius 2 is 1.89 bits per heavy atom. The first-order valence-corrected chi connectivity index (χ1v) is 8.29. The molecule has 0 radical (unpaired) electrons. The topological polar surface area (TPSA) is 72.2 Å². The van der Waals surface area contributed by atoms with Gasteiger partial charge in [0, 0.05) is 6.04 Å². The molecular formula is C14H24N2O2S. The summed E-state index contributed by atoms with van der Waals surface area (Å²) >= 11 is 0. The molecule has 4 nitrogen and oxygen atoms in total. The normalized spacial score (nSPS) is 13.4. The lowest BCUT2D eigenvalue weighted by Gasteiger charge is -2.14. The molecule has 0 fully saturated rings. The average Bonchev–Trinajstić information content (AvgIpc) is 2.37. The van der Waals surface area contributed by atoms with E-state index in [0.29, 0.717) is 11.4 Å². The molecule has 0 aliphatic rings. The van der Waals surface area contributed by atoms with Crippen LogP contribution in [0.25, 0.3) is 0 Å². The number of rotatable bonds is 8. The van der Waals surface area contributed by atoms with Crippen LogP contribution in [0.2, 0.25) is 0 Å². The summed E-state index contributed by atoms with van der Waals surface area (Å²) in [6.45, 7) is 4.56. The second-order valence-electron chi connectivity index (χ2n) is 4.85. The summed E-state index contributed by atoms with van der Waals surface area (Å²) in [5.41, 5.74) is 6.52. The quantitative estimate of drug-likeness (QED) is 0.767. The van der Waals surface area contributed by atoms with Crippen LogP contribution in [0.15, 0.2) is 29.2 Å². The maximum atomic E-state index is 12.1. The summed E-state index contributed by atoms with van der Waals surface area (Å²) in [7, 11) is -3.40. The highest BCUT2D eigenvalue weighted by atomic mass is 32.2. The van der Waals surface area contributed by atoms with Gasteiger partial charge in [-0.2, -0.15) is 0 Å². The van der Waals surface area contributed by atoms with Crippen molar-refractivity contribution in [3.05, 3.63) is 29.8 Å². The lowest BCUT2D eigenvalue weighted by Crippen LogP contribution is -2.32. The van der Waals surface area contributed by atoms with Gasteiger partial charge >= 0.3 is 0 Å². The Hall–Kier alpha value is -0.910. The minimum atomic E-state index is -3.40. The Morgan fingerprint density at radius 1 is 1.26 bits per heavy atom. The number of nitrogens with one attached hydrogen (secondary N) is 1. The monoisotopic (exact) mass is 284 g/mol. The van der Waals surface area contributed by atoms with E-state index in [4.69, 9.17) is 5.73 Å². The van der Waals surface area contributed by atoms with Crippen LogP contribution in [0.3, 0.4) is 0 Å². The van der Waals surface area contributed by atoms with E-state index in [0.717, 1.165) is 31.2 Å². The Labute approximate surface area is 116 Å². The third-order valence-corrected chi connectivity index (χ3v) is 4.62. The fraction of sp³-hybridized carbons (Fsp3) is 0.571. The first-order valence-electron chi connectivity index (χ1n) is 6.81. The van der Waals surface area contributed by atoms with Gasteiger partial charge in [-0.15, -0.1) is 0 Å². The standard InChI is InChI=1S/C14H24N2O2S/c1-3-4-5-12(2)16-19(17,18)14-8-6-13(7-9-14)10-11-15/h6-9,12,16H,3-5,10-11,15H2,1-2H3. The third kappa shape index (κ3) is 5.30. The molecule has 19 heavy (non-hydrogen) atoms. The SMILES string of the molecule is CCCCC(C)NS(=O)(=O)c1ccc(CCN)cc1. The largest absolute Gasteiger partial charge is 0.330 e. The number of unbranched alkanes of at least 4 members (excludes halogenated alkanes) is 1. The molecule has 1 aromatic rings. The van der Waals surface area contributed by atoms with Gasteiger partial charge in [-0.1, -0.05) is 31.9 Å². The number of benzene rings is 1. The molecule has 1 unspecified atom stereocenters. The van der Waals surface area contributed by atoms with Crippen molar-refractivity contribution in [2.45, 2.75) is 50.5 Å². The van der Waals surface area contributed by atoms with Crippen molar-refractivity contribution in [3.63, 3.8) is 0 Å². The minimum Gasteiger partial charge on any atom is -0.330 e. The second kappa shape index (κ2) is 7.62. The van der Waals surface area contributed by atoms with Gasteiger partial charge in [-0.05, 0) is 44.0 Å². The lowest BCUT2D eigenvalue weighted by molar-refractivity contribution is 0.534. The summed E-state index contributed by atoms with van der Waals surface area (Å²) in [6.07, 6.45) is 3.72. The molecule has 1 rings (SSSR count). The summed E-state index contributed by atoms with van der Waals surface area (Å²) in [6, 6.07) is 6.88. The van der Waals surface area contributed by atoms with Gasteiger partial charge in [0.25, 0.3) is 0 Å². The van der Waals surface area contributed by atoms with Crippen LogP contribution in [0.4, 0.5) is 0 Å². The van der Waals surface area contributed by atoms with Crippen LogP contribution in [0.5, 0.6) is 0 Å². The Kier molecular flexibility index (Phi) is 6.48. The van der Waals surface area contributed by atoms with Gasteiger partial charge in [0.05, 0.1) is 4.90 Å². The molecular weight excluding hydrogens is 260 g/mol. The molecule has 1 atom stereocenters. The van der Waals surface area contributed by atoms with E-state index < -0.39 is 10.0 Å². The van der Waals surface area contributed by atoms with Gasteiger partial charge in [0.2, 0.25) is 10.0 Å². The van der Waals surface area contributed by atoms with Gasteiger partial charge in [0.1, 0.15) is 0 Å². The summed E-state index contributed by atoms with van der Waals surface area (Å²) in [5.74, 6) is 0. The number of hydrogen-bond acceptors (Lipinski definition) is 3. The number of sulfonamides is 1. The predicted molar refractivity (Wildman–Crippen MR) is 78.5 cm³/mol. The zero-order valence-corrected chi connectivity index (χ0v) is 12.5. The Balaban J connectivity index is 2.71. The van der Waals surface area contributed by atoms with Crippen molar-refractivity contribution in [1.82, 2.24) is 4.72 Å². The fourth-order valence-electron chi connectivity index (χ4n) is 1.90. The van der Waals surface area contributed by atoms with E-state index >= 15 is 0 Å². The zero-order valence-electron chi connectivity index (χ0n) is 11.7. The number of hydrogen-bond donors (Lipinski definition) is 2. The van der Waals surface area contributed by atoms with Crippen molar-refractivity contribution in [3.8, 4) is 0 Å². The Morgan fingerprint density at radius 3 is 2.42 bits per heavy atom. The molecule has 0 aromatic heterocycles. The molecule has 0 saturated carbocycles. The highest BCUT2D eigenvalue weighted by Crippen LogP contribution is 2.12. The van der Waals surface area contributed by atoms with E-state index in [9.17, 15) is 8.42 Å². The molecule has 0 bridgehead atoms. The summed E-state index contributed by atoms with van der Waals surface area (Å²) in [5, 5.41) is 0. The van der Waals surface area contributed by atoms with Crippen molar-refractivity contribution < 1.29 is 8.42 Å². The van der Waals surface area contributed by atoms with Crippen LogP contribution < -0.4 is 10.5 Å². The van der Waals surface area contributed by atoms with Crippen LogP contribution in [0.1, 0.15) is 38.7 Å². The molecule has 0 aliphatic heterocycles. The molecule has 1 aromatic carbocycles. The minimum absolute atomic E-state index is 0.0336. The van der Waals surface area contributed by atoms with Gasteiger partial charge in [-0.25, -0.2) is 13.1 Å². The molecule has 108 valence electrons. The maximum Gasteiger partial charge on any atom is 0.240 e. The molecule has 0 aliphatic carbocycles. The van der Waals surface area contributed by atoms with Gasteiger partial charge < -0.3 is 5.73 Å². The molecule has 5 heteroatoms. The van der Waals surface area contributed by atoms with Crippen LogP contribution >= 0.6 is 0 Å². The van der Waals surface area contributed by atoms with Gasteiger partial charge in [0.15, 0.2) is 0 Å². The van der Waals surface area contributed by atoms with E-state index in [2.05, 4.69) is 11.6 Å². The second-order valence-corrected chi connectivity index (χ2v) is 6.56. The zero-order chi connectivity index (χ0) is 14.3. The highest BCUT2D eigenvalue weighted by Gasteiger charge is 2.16. The maximum absolute atomic E-state index is 12.1. The van der Waals surface area contributed by atoms with E-state index in [-0.39, 0.29) is 6.04 Å². The molecule has 0 amide bonds. The van der Waals surface area contributed by atoms with Crippen molar-refractivity contribution in [2.75, 3.05) is 6.54 Å². The summed E-state index contributed by atoms with van der Waals surface area (Å²) < 4.78 is 27.0. The smallest absolute Gasteiger partial charge is 0.240 e. The van der Waals surface area contributed by atoms with Crippen LogP contribution in [0, 0.1) is 0 Å². The first-order chi connectivity index (χ1) is 8.99.